The number of nitrogens with zero attached hydrogens (tertiary/aromatic N) is 2. The van der Waals surface area contributed by atoms with Crippen molar-refractivity contribution in [1.29, 1.82) is 5.26 Å². The quantitative estimate of drug-likeness (QED) is 0.807. The van der Waals surface area contributed by atoms with E-state index in [9.17, 15) is 14.0 Å². The fraction of sp³-hybridized carbons (Fsp3) is 0.308. The summed E-state index contributed by atoms with van der Waals surface area (Å²) in [6.07, 6.45) is 0.368. The van der Waals surface area contributed by atoms with E-state index in [4.69, 9.17) is 5.26 Å². The number of amides is 2. The van der Waals surface area contributed by atoms with Crippen LogP contribution in [0.1, 0.15) is 17.5 Å². The van der Waals surface area contributed by atoms with Gasteiger partial charge in [-0.25, -0.2) is 4.39 Å². The van der Waals surface area contributed by atoms with E-state index >= 15 is 0 Å². The maximum absolute atomic E-state index is 13.8. The number of hydrogen-bond donors (Lipinski definition) is 1. The van der Waals surface area contributed by atoms with E-state index in [0.717, 1.165) is 0 Å². The van der Waals surface area contributed by atoms with Crippen LogP contribution in [-0.4, -0.2) is 25.9 Å². The first-order valence-electron chi connectivity index (χ1n) is 5.64. The molecule has 0 aromatic heterocycles. The first kappa shape index (κ1) is 14.6. The summed E-state index contributed by atoms with van der Waals surface area (Å²) >= 11 is 0. The minimum atomic E-state index is -0.449. The molecule has 0 aliphatic heterocycles. The van der Waals surface area contributed by atoms with Gasteiger partial charge < -0.3 is 4.90 Å². The van der Waals surface area contributed by atoms with Gasteiger partial charge in [0, 0.05) is 20.0 Å². The van der Waals surface area contributed by atoms with E-state index < -0.39 is 11.7 Å². The number of anilines is 1. The molecule has 100 valence electrons. The van der Waals surface area contributed by atoms with Gasteiger partial charge in [0.1, 0.15) is 5.82 Å². The van der Waals surface area contributed by atoms with E-state index in [1.165, 1.54) is 17.0 Å². The summed E-state index contributed by atoms with van der Waals surface area (Å²) < 4.78 is 13.8. The predicted octanol–water partition coefficient (Wildman–Crippen LogP) is 1.10. The van der Waals surface area contributed by atoms with Crippen molar-refractivity contribution in [2.24, 2.45) is 0 Å². The molecule has 0 aliphatic rings. The molecule has 6 heteroatoms. The zero-order chi connectivity index (χ0) is 14.4. The predicted molar refractivity (Wildman–Crippen MR) is 67.9 cm³/mol. The van der Waals surface area contributed by atoms with Gasteiger partial charge >= 0.3 is 0 Å². The van der Waals surface area contributed by atoms with E-state index in [2.05, 4.69) is 0 Å². The second-order valence-corrected chi connectivity index (χ2v) is 4.09. The van der Waals surface area contributed by atoms with Gasteiger partial charge in [0.25, 0.3) is 0 Å². The molecule has 0 radical (unpaired) electrons. The second-order valence-electron chi connectivity index (χ2n) is 4.09. The molecule has 0 spiro atoms. The first-order chi connectivity index (χ1) is 8.99. The lowest BCUT2D eigenvalue weighted by Gasteiger charge is -2.20. The van der Waals surface area contributed by atoms with Crippen LogP contribution in [0.3, 0.4) is 0 Å². The third-order valence-corrected chi connectivity index (χ3v) is 2.72. The molecule has 0 aliphatic carbocycles. The Kier molecular flexibility index (Phi) is 5.01. The molecular formula is C13H14FN3O2. The molecule has 5 nitrogen and oxygen atoms in total. The van der Waals surface area contributed by atoms with Crippen molar-refractivity contribution in [3.05, 3.63) is 29.1 Å². The van der Waals surface area contributed by atoms with Crippen LogP contribution in [-0.2, 0) is 9.59 Å². The maximum atomic E-state index is 13.8. The number of benzene rings is 1. The average molecular weight is 263 g/mol. The van der Waals surface area contributed by atoms with Gasteiger partial charge in [-0.15, -0.1) is 0 Å². The summed E-state index contributed by atoms with van der Waals surface area (Å²) in [6.45, 7) is 1.90. The molecule has 0 saturated heterocycles. The minimum Gasteiger partial charge on any atom is -0.372 e. The number of hydrogen-bond acceptors (Lipinski definition) is 4. The summed E-state index contributed by atoms with van der Waals surface area (Å²) in [5.74, 6) is -0.885. The zero-order valence-electron chi connectivity index (χ0n) is 10.7. The smallest absolute Gasteiger partial charge is 0.228 e. The second kappa shape index (κ2) is 6.50. The maximum Gasteiger partial charge on any atom is 0.228 e. The average Bonchev–Trinajstić information content (AvgIpc) is 2.36. The Labute approximate surface area is 110 Å². The van der Waals surface area contributed by atoms with Crippen molar-refractivity contribution in [2.75, 3.05) is 18.5 Å². The molecule has 0 heterocycles. The van der Waals surface area contributed by atoms with E-state index in [1.54, 1.807) is 14.0 Å². The first-order valence-corrected chi connectivity index (χ1v) is 5.64. The lowest BCUT2D eigenvalue weighted by Crippen LogP contribution is -2.28. The lowest BCUT2D eigenvalue weighted by atomic mass is 10.1. The molecule has 0 fully saturated rings. The Morgan fingerprint density at radius 2 is 2.26 bits per heavy atom. The van der Waals surface area contributed by atoms with Crippen molar-refractivity contribution in [1.82, 2.24) is 5.32 Å². The number of nitriles is 1. The molecule has 0 atom stereocenters. The van der Waals surface area contributed by atoms with Crippen LogP contribution < -0.4 is 10.2 Å². The SMILES string of the molecule is Cc1cc(F)c(N(C)CCC(=O)NC=O)cc1C#N. The monoisotopic (exact) mass is 263 g/mol. The van der Waals surface area contributed by atoms with Crippen LogP contribution in [0, 0.1) is 24.1 Å². The summed E-state index contributed by atoms with van der Waals surface area (Å²) in [7, 11) is 1.61. The van der Waals surface area contributed by atoms with Crippen LogP contribution in [0.4, 0.5) is 10.1 Å². The van der Waals surface area contributed by atoms with Crippen LogP contribution >= 0.6 is 0 Å². The van der Waals surface area contributed by atoms with Crippen LogP contribution in [0.5, 0.6) is 0 Å². The number of rotatable bonds is 5. The fourth-order valence-electron chi connectivity index (χ4n) is 1.60. The van der Waals surface area contributed by atoms with Crippen LogP contribution in [0.15, 0.2) is 12.1 Å². The highest BCUT2D eigenvalue weighted by Gasteiger charge is 2.12. The third-order valence-electron chi connectivity index (χ3n) is 2.72. The summed E-state index contributed by atoms with van der Waals surface area (Å²) in [6, 6.07) is 4.72. The normalized spacial score (nSPS) is 9.58. The van der Waals surface area contributed by atoms with Gasteiger partial charge in [0.15, 0.2) is 0 Å². The summed E-state index contributed by atoms with van der Waals surface area (Å²) in [5, 5.41) is 10.9. The molecule has 1 rings (SSSR count). The number of carbonyl (C=O) groups is 2. The Morgan fingerprint density at radius 3 is 2.84 bits per heavy atom. The largest absolute Gasteiger partial charge is 0.372 e. The van der Waals surface area contributed by atoms with Crippen LogP contribution in [0.2, 0.25) is 0 Å². The molecule has 1 aromatic carbocycles. The zero-order valence-corrected chi connectivity index (χ0v) is 10.7. The fourth-order valence-corrected chi connectivity index (χ4v) is 1.60. The van der Waals surface area contributed by atoms with Crippen molar-refractivity contribution in [3.63, 3.8) is 0 Å². The number of halogens is 1. The molecule has 1 N–H and O–H groups in total. The Hall–Kier alpha value is -2.42. The van der Waals surface area contributed by atoms with Crippen LogP contribution in [0.25, 0.3) is 0 Å². The van der Waals surface area contributed by atoms with Gasteiger partial charge in [0.2, 0.25) is 12.3 Å². The molecule has 0 saturated carbocycles. The summed E-state index contributed by atoms with van der Waals surface area (Å²) in [5.41, 5.74) is 1.21. The van der Waals surface area contributed by atoms with Gasteiger partial charge in [-0.1, -0.05) is 0 Å². The standard InChI is InChI=1S/C13H14FN3O2/c1-9-5-11(14)12(6-10(9)7-15)17(2)4-3-13(19)16-8-18/h5-6,8H,3-4H2,1-2H3,(H,16,18,19). The Balaban J connectivity index is 2.82. The highest BCUT2D eigenvalue weighted by atomic mass is 19.1. The lowest BCUT2D eigenvalue weighted by molar-refractivity contribution is -0.125. The summed E-state index contributed by atoms with van der Waals surface area (Å²) in [4.78, 5) is 22.7. The number of imide groups is 1. The van der Waals surface area contributed by atoms with E-state index in [0.29, 0.717) is 17.5 Å². The van der Waals surface area contributed by atoms with Crippen molar-refractivity contribution in [2.45, 2.75) is 13.3 Å². The van der Waals surface area contributed by atoms with Gasteiger partial charge in [-0.3, -0.25) is 14.9 Å². The van der Waals surface area contributed by atoms with E-state index in [1.807, 2.05) is 11.4 Å². The topological polar surface area (TPSA) is 73.2 Å². The minimum absolute atomic E-state index is 0.0600. The highest BCUT2D eigenvalue weighted by molar-refractivity contribution is 5.86. The molecule has 1 aromatic rings. The van der Waals surface area contributed by atoms with Gasteiger partial charge in [-0.2, -0.15) is 5.26 Å². The molecule has 0 bridgehead atoms. The van der Waals surface area contributed by atoms with Crippen molar-refractivity contribution >= 4 is 18.0 Å². The molecule has 2 amide bonds. The van der Waals surface area contributed by atoms with Crippen molar-refractivity contribution in [3.8, 4) is 6.07 Å². The molecular weight excluding hydrogens is 249 g/mol. The van der Waals surface area contributed by atoms with Gasteiger partial charge in [0.05, 0.1) is 17.3 Å². The van der Waals surface area contributed by atoms with Crippen molar-refractivity contribution < 1.29 is 14.0 Å². The number of aryl methyl sites for hydroxylation is 1. The van der Waals surface area contributed by atoms with E-state index in [-0.39, 0.29) is 18.7 Å². The third kappa shape index (κ3) is 3.78. The van der Waals surface area contributed by atoms with Gasteiger partial charge in [-0.05, 0) is 24.6 Å². The number of carbonyl (C=O) groups excluding carboxylic acids is 2. The molecule has 19 heavy (non-hydrogen) atoms. The molecule has 0 unspecified atom stereocenters. The Bertz CT molecular complexity index is 537. The highest BCUT2D eigenvalue weighted by Crippen LogP contribution is 2.22. The Morgan fingerprint density at radius 1 is 1.58 bits per heavy atom. The number of nitrogens with one attached hydrogen (secondary N) is 1.